The fraction of sp³-hybridized carbons (Fsp3) is 0.385. The number of hydrogen-bond donors (Lipinski definition) is 1. The van der Waals surface area contributed by atoms with Crippen molar-refractivity contribution in [3.63, 3.8) is 0 Å². The number of nitrogens with one attached hydrogen (secondary N) is 1. The molecule has 1 atom stereocenters. The van der Waals surface area contributed by atoms with E-state index in [9.17, 15) is 4.79 Å². The molecule has 0 aliphatic carbocycles. The van der Waals surface area contributed by atoms with Gasteiger partial charge < -0.3 is 10.1 Å². The Kier molecular flexibility index (Phi) is 4.53. The standard InChI is InChI=1S/C13H16N2O2/c1-9(2)13(16)15-11(8-14)10-6-4-5-7-12(10)17-3/h4-7,9,11H,1-3H3,(H,15,16). The molecule has 0 radical (unpaired) electrons. The van der Waals surface area contributed by atoms with Crippen molar-refractivity contribution in [3.8, 4) is 11.8 Å². The predicted molar refractivity (Wildman–Crippen MR) is 64.3 cm³/mol. The number of ether oxygens (including phenoxy) is 1. The van der Waals surface area contributed by atoms with Crippen LogP contribution in [0.4, 0.5) is 0 Å². The van der Waals surface area contributed by atoms with Crippen LogP contribution in [0.5, 0.6) is 5.75 Å². The molecule has 0 aliphatic rings. The monoisotopic (exact) mass is 232 g/mol. The number of carbonyl (C=O) groups is 1. The van der Waals surface area contributed by atoms with Crippen LogP contribution < -0.4 is 10.1 Å². The highest BCUT2D eigenvalue weighted by atomic mass is 16.5. The van der Waals surface area contributed by atoms with Gasteiger partial charge in [-0.25, -0.2) is 0 Å². The number of hydrogen-bond acceptors (Lipinski definition) is 3. The maximum absolute atomic E-state index is 11.6. The van der Waals surface area contributed by atoms with Gasteiger partial charge in [-0.1, -0.05) is 32.0 Å². The highest BCUT2D eigenvalue weighted by Gasteiger charge is 2.18. The van der Waals surface area contributed by atoms with Gasteiger partial charge in [-0.15, -0.1) is 0 Å². The lowest BCUT2D eigenvalue weighted by Gasteiger charge is -2.16. The molecule has 0 aromatic heterocycles. The summed E-state index contributed by atoms with van der Waals surface area (Å²) in [6.07, 6.45) is 0. The summed E-state index contributed by atoms with van der Waals surface area (Å²) < 4.78 is 5.17. The second-order valence-electron chi connectivity index (χ2n) is 3.97. The van der Waals surface area contributed by atoms with E-state index in [4.69, 9.17) is 10.00 Å². The molecule has 4 nitrogen and oxygen atoms in total. The average Bonchev–Trinajstić information content (AvgIpc) is 2.35. The Morgan fingerprint density at radius 2 is 2.06 bits per heavy atom. The first-order valence-electron chi connectivity index (χ1n) is 5.43. The Labute approximate surface area is 101 Å². The Bertz CT molecular complexity index is 435. The highest BCUT2D eigenvalue weighted by molar-refractivity contribution is 5.78. The summed E-state index contributed by atoms with van der Waals surface area (Å²) in [7, 11) is 1.54. The lowest BCUT2D eigenvalue weighted by atomic mass is 10.1. The fourth-order valence-corrected chi connectivity index (χ4v) is 1.39. The zero-order chi connectivity index (χ0) is 12.8. The molecule has 0 aliphatic heterocycles. The average molecular weight is 232 g/mol. The normalized spacial score (nSPS) is 11.7. The molecule has 1 amide bonds. The molecule has 1 aromatic carbocycles. The maximum Gasteiger partial charge on any atom is 0.223 e. The molecule has 17 heavy (non-hydrogen) atoms. The molecule has 0 bridgehead atoms. The fourth-order valence-electron chi connectivity index (χ4n) is 1.39. The lowest BCUT2D eigenvalue weighted by Crippen LogP contribution is -2.31. The van der Waals surface area contributed by atoms with E-state index < -0.39 is 6.04 Å². The van der Waals surface area contributed by atoms with Crippen molar-refractivity contribution in [2.45, 2.75) is 19.9 Å². The lowest BCUT2D eigenvalue weighted by molar-refractivity contribution is -0.124. The summed E-state index contributed by atoms with van der Waals surface area (Å²) in [6, 6.07) is 8.55. The summed E-state index contributed by atoms with van der Waals surface area (Å²) in [4.78, 5) is 11.6. The second kappa shape index (κ2) is 5.90. The Balaban J connectivity index is 2.95. The van der Waals surface area contributed by atoms with Crippen LogP contribution in [0, 0.1) is 17.2 Å². The van der Waals surface area contributed by atoms with Gasteiger partial charge in [-0.3, -0.25) is 4.79 Å². The van der Waals surface area contributed by atoms with Gasteiger partial charge in [0.1, 0.15) is 11.8 Å². The van der Waals surface area contributed by atoms with Crippen molar-refractivity contribution in [1.29, 1.82) is 5.26 Å². The van der Waals surface area contributed by atoms with Crippen molar-refractivity contribution < 1.29 is 9.53 Å². The third-order valence-corrected chi connectivity index (χ3v) is 2.39. The van der Waals surface area contributed by atoms with Crippen LogP contribution in [-0.2, 0) is 4.79 Å². The third kappa shape index (κ3) is 3.22. The first kappa shape index (κ1) is 13.0. The molecular formula is C13H16N2O2. The summed E-state index contributed by atoms with van der Waals surface area (Å²) in [5.74, 6) is 0.297. The molecule has 90 valence electrons. The van der Waals surface area contributed by atoms with E-state index in [2.05, 4.69) is 11.4 Å². The Morgan fingerprint density at radius 3 is 2.59 bits per heavy atom. The molecule has 1 N–H and O–H groups in total. The van der Waals surface area contributed by atoms with Crippen molar-refractivity contribution in [3.05, 3.63) is 29.8 Å². The molecule has 0 saturated heterocycles. The number of nitrogens with zero attached hydrogens (tertiary/aromatic N) is 1. The van der Waals surface area contributed by atoms with Gasteiger partial charge >= 0.3 is 0 Å². The van der Waals surface area contributed by atoms with Crippen LogP contribution in [0.3, 0.4) is 0 Å². The first-order chi connectivity index (χ1) is 8.10. The zero-order valence-electron chi connectivity index (χ0n) is 10.2. The van der Waals surface area contributed by atoms with Gasteiger partial charge in [0, 0.05) is 11.5 Å². The van der Waals surface area contributed by atoms with Crippen LogP contribution in [0.2, 0.25) is 0 Å². The van der Waals surface area contributed by atoms with Crippen LogP contribution >= 0.6 is 0 Å². The van der Waals surface area contributed by atoms with E-state index in [1.165, 1.54) is 7.11 Å². The predicted octanol–water partition coefficient (Wildman–Crippen LogP) is 2.03. The molecule has 0 saturated carbocycles. The van der Waals surface area contributed by atoms with Crippen LogP contribution in [0.15, 0.2) is 24.3 Å². The van der Waals surface area contributed by atoms with Crippen molar-refractivity contribution in [2.75, 3.05) is 7.11 Å². The minimum atomic E-state index is -0.680. The smallest absolute Gasteiger partial charge is 0.223 e. The number of rotatable bonds is 4. The van der Waals surface area contributed by atoms with Gasteiger partial charge in [0.05, 0.1) is 13.2 Å². The Morgan fingerprint density at radius 1 is 1.41 bits per heavy atom. The van der Waals surface area contributed by atoms with E-state index in [0.29, 0.717) is 11.3 Å². The summed E-state index contributed by atoms with van der Waals surface area (Å²) in [5, 5.41) is 11.8. The number of carbonyl (C=O) groups excluding carboxylic acids is 1. The van der Waals surface area contributed by atoms with E-state index >= 15 is 0 Å². The molecule has 1 rings (SSSR count). The van der Waals surface area contributed by atoms with E-state index in [0.717, 1.165) is 0 Å². The summed E-state index contributed by atoms with van der Waals surface area (Å²) >= 11 is 0. The topological polar surface area (TPSA) is 62.1 Å². The molecule has 0 spiro atoms. The largest absolute Gasteiger partial charge is 0.496 e. The Hall–Kier alpha value is -2.02. The van der Waals surface area contributed by atoms with E-state index in [-0.39, 0.29) is 11.8 Å². The molecule has 1 aromatic rings. The SMILES string of the molecule is COc1ccccc1C(C#N)NC(=O)C(C)C. The molecule has 0 heterocycles. The van der Waals surface area contributed by atoms with Crippen LogP contribution in [0.1, 0.15) is 25.5 Å². The molecule has 4 heteroatoms. The van der Waals surface area contributed by atoms with Crippen molar-refractivity contribution >= 4 is 5.91 Å². The van der Waals surface area contributed by atoms with Gasteiger partial charge in [0.15, 0.2) is 0 Å². The third-order valence-electron chi connectivity index (χ3n) is 2.39. The molecular weight excluding hydrogens is 216 g/mol. The van der Waals surface area contributed by atoms with Gasteiger partial charge in [-0.05, 0) is 6.07 Å². The minimum absolute atomic E-state index is 0.151. The van der Waals surface area contributed by atoms with Crippen molar-refractivity contribution in [1.82, 2.24) is 5.32 Å². The number of amides is 1. The number of methoxy groups -OCH3 is 1. The quantitative estimate of drug-likeness (QED) is 0.864. The zero-order valence-corrected chi connectivity index (χ0v) is 10.2. The van der Waals surface area contributed by atoms with Crippen molar-refractivity contribution in [2.24, 2.45) is 5.92 Å². The maximum atomic E-state index is 11.6. The number of benzene rings is 1. The summed E-state index contributed by atoms with van der Waals surface area (Å²) in [5.41, 5.74) is 0.673. The van der Waals surface area contributed by atoms with Gasteiger partial charge in [0.25, 0.3) is 0 Å². The summed E-state index contributed by atoms with van der Waals surface area (Å²) in [6.45, 7) is 3.57. The molecule has 1 unspecified atom stereocenters. The highest BCUT2D eigenvalue weighted by Crippen LogP contribution is 2.24. The number of nitriles is 1. The van der Waals surface area contributed by atoms with E-state index in [1.807, 2.05) is 12.1 Å². The second-order valence-corrected chi connectivity index (χ2v) is 3.97. The first-order valence-corrected chi connectivity index (χ1v) is 5.43. The van der Waals surface area contributed by atoms with Crippen LogP contribution in [0.25, 0.3) is 0 Å². The van der Waals surface area contributed by atoms with E-state index in [1.54, 1.807) is 26.0 Å². The van der Waals surface area contributed by atoms with Crippen LogP contribution in [-0.4, -0.2) is 13.0 Å². The molecule has 0 fully saturated rings. The minimum Gasteiger partial charge on any atom is -0.496 e. The number of para-hydroxylation sites is 1. The van der Waals surface area contributed by atoms with Gasteiger partial charge in [-0.2, -0.15) is 5.26 Å². The van der Waals surface area contributed by atoms with Gasteiger partial charge in [0.2, 0.25) is 5.91 Å².